The van der Waals surface area contributed by atoms with Crippen molar-refractivity contribution in [2.24, 2.45) is 0 Å². The molecule has 152 valence electrons. The molecule has 2 aromatic carbocycles. The van der Waals surface area contributed by atoms with Crippen LogP contribution in [0, 0.1) is 12.7 Å². The molecule has 1 saturated heterocycles. The summed E-state index contributed by atoms with van der Waals surface area (Å²) in [6, 6.07) is 6.33. The predicted molar refractivity (Wildman–Crippen MR) is 108 cm³/mol. The highest BCUT2D eigenvalue weighted by Crippen LogP contribution is 2.39. The monoisotopic (exact) mass is 416 g/mol. The highest BCUT2D eigenvalue weighted by Gasteiger charge is 2.33. The fourth-order valence-corrected chi connectivity index (χ4v) is 4.22. The summed E-state index contributed by atoms with van der Waals surface area (Å²) in [5, 5.41) is 2.85. The van der Waals surface area contributed by atoms with E-state index >= 15 is 0 Å². The van der Waals surface area contributed by atoms with Crippen molar-refractivity contribution in [2.45, 2.75) is 32.3 Å². The number of benzene rings is 2. The van der Waals surface area contributed by atoms with E-state index in [1.807, 2.05) is 17.9 Å². The van der Waals surface area contributed by atoms with E-state index in [1.165, 1.54) is 19.2 Å². The van der Waals surface area contributed by atoms with E-state index in [4.69, 9.17) is 16.3 Å². The van der Waals surface area contributed by atoms with Crippen molar-refractivity contribution in [3.05, 3.63) is 62.9 Å². The molecule has 3 heterocycles. The Balaban J connectivity index is 1.72. The second-order valence-electron chi connectivity index (χ2n) is 7.53. The van der Waals surface area contributed by atoms with Gasteiger partial charge in [-0.2, -0.15) is 0 Å². The Kier molecular flexibility index (Phi) is 5.21. The molecular formula is C22H22ClFN2O3. The van der Waals surface area contributed by atoms with Crippen molar-refractivity contribution in [2.75, 3.05) is 20.1 Å². The first-order valence-electron chi connectivity index (χ1n) is 9.67. The van der Waals surface area contributed by atoms with Crippen LogP contribution in [0.2, 0.25) is 5.02 Å². The third-order valence-corrected chi connectivity index (χ3v) is 6.17. The lowest BCUT2D eigenvalue weighted by Gasteiger charge is -2.36. The average molecular weight is 417 g/mol. The third kappa shape index (κ3) is 3.57. The number of ether oxygens (including phenoxy) is 1. The summed E-state index contributed by atoms with van der Waals surface area (Å²) >= 11 is 6.60. The molecular weight excluding hydrogens is 395 g/mol. The molecule has 5 rings (SSSR count). The molecule has 0 radical (unpaired) electrons. The van der Waals surface area contributed by atoms with Crippen molar-refractivity contribution >= 4 is 23.4 Å². The van der Waals surface area contributed by atoms with Crippen molar-refractivity contribution in [1.82, 2.24) is 10.2 Å². The Bertz CT molecular complexity index is 1000. The molecule has 0 saturated carbocycles. The van der Waals surface area contributed by atoms with Gasteiger partial charge in [-0.1, -0.05) is 17.7 Å². The molecule has 0 aliphatic carbocycles. The quantitative estimate of drug-likeness (QED) is 0.829. The molecule has 1 fully saturated rings. The van der Waals surface area contributed by atoms with Crippen LogP contribution in [0.15, 0.2) is 24.3 Å². The highest BCUT2D eigenvalue weighted by atomic mass is 35.5. The summed E-state index contributed by atoms with van der Waals surface area (Å²) in [5.41, 5.74) is 2.78. The third-order valence-electron chi connectivity index (χ3n) is 5.72. The number of piperidine rings is 1. The fourth-order valence-electron chi connectivity index (χ4n) is 3.96. The zero-order valence-electron chi connectivity index (χ0n) is 16.4. The van der Waals surface area contributed by atoms with Crippen LogP contribution >= 0.6 is 11.6 Å². The van der Waals surface area contributed by atoms with Gasteiger partial charge in [-0.05, 0) is 48.2 Å². The summed E-state index contributed by atoms with van der Waals surface area (Å²) in [6.07, 6.45) is 2.06. The lowest BCUT2D eigenvalue weighted by molar-refractivity contribution is 0.0520. The van der Waals surface area contributed by atoms with Gasteiger partial charge >= 0.3 is 0 Å². The summed E-state index contributed by atoms with van der Waals surface area (Å²) in [6.45, 7) is 3.23. The molecule has 3 aliphatic rings. The molecule has 29 heavy (non-hydrogen) atoms. The zero-order valence-corrected chi connectivity index (χ0v) is 17.1. The number of nitrogens with zero attached hydrogens (tertiary/aromatic N) is 1. The second-order valence-corrected chi connectivity index (χ2v) is 7.91. The number of carbonyl (C=O) groups excluding carboxylic acids is 2. The zero-order chi connectivity index (χ0) is 20.7. The molecule has 5 nitrogen and oxygen atoms in total. The molecule has 0 atom stereocenters. The minimum absolute atomic E-state index is 0.00316. The summed E-state index contributed by atoms with van der Waals surface area (Å²) in [5.74, 6) is -0.684. The smallest absolute Gasteiger partial charge is 0.257 e. The van der Waals surface area contributed by atoms with Gasteiger partial charge in [0, 0.05) is 33.0 Å². The van der Waals surface area contributed by atoms with E-state index in [9.17, 15) is 14.0 Å². The second kappa shape index (κ2) is 7.67. The fraction of sp³-hybridized carbons (Fsp3) is 0.364. The van der Waals surface area contributed by atoms with Crippen LogP contribution in [0.4, 0.5) is 4.39 Å². The molecule has 1 N–H and O–H groups in total. The van der Waals surface area contributed by atoms with Crippen LogP contribution < -0.4 is 10.1 Å². The van der Waals surface area contributed by atoms with E-state index < -0.39 is 11.7 Å². The van der Waals surface area contributed by atoms with E-state index in [-0.39, 0.29) is 17.6 Å². The van der Waals surface area contributed by atoms with Gasteiger partial charge in [0.25, 0.3) is 11.8 Å². The number of rotatable bonds is 3. The Morgan fingerprint density at radius 1 is 1.31 bits per heavy atom. The van der Waals surface area contributed by atoms with Gasteiger partial charge < -0.3 is 15.0 Å². The first-order valence-corrected chi connectivity index (χ1v) is 10.0. The van der Waals surface area contributed by atoms with Crippen molar-refractivity contribution in [1.29, 1.82) is 0 Å². The van der Waals surface area contributed by atoms with Gasteiger partial charge in [-0.25, -0.2) is 4.39 Å². The van der Waals surface area contributed by atoms with Gasteiger partial charge in [0.1, 0.15) is 11.9 Å². The number of halogens is 2. The van der Waals surface area contributed by atoms with E-state index in [0.29, 0.717) is 41.4 Å². The van der Waals surface area contributed by atoms with Crippen molar-refractivity contribution in [3.8, 4) is 5.75 Å². The maximum Gasteiger partial charge on any atom is 0.257 e. The molecule has 2 amide bonds. The minimum atomic E-state index is -0.584. The Morgan fingerprint density at radius 3 is 2.69 bits per heavy atom. The van der Waals surface area contributed by atoms with Gasteiger partial charge in [-0.3, -0.25) is 9.59 Å². The van der Waals surface area contributed by atoms with Gasteiger partial charge in [0.15, 0.2) is 5.75 Å². The number of hydrogen-bond acceptors (Lipinski definition) is 3. The van der Waals surface area contributed by atoms with Crippen LogP contribution in [0.1, 0.15) is 50.2 Å². The topological polar surface area (TPSA) is 58.6 Å². The van der Waals surface area contributed by atoms with Gasteiger partial charge in [-0.15, -0.1) is 0 Å². The summed E-state index contributed by atoms with van der Waals surface area (Å²) in [4.78, 5) is 26.5. The van der Waals surface area contributed by atoms with E-state index in [1.54, 1.807) is 6.07 Å². The van der Waals surface area contributed by atoms with Gasteiger partial charge in [0.05, 0.1) is 16.1 Å². The molecule has 2 bridgehead atoms. The standard InChI is InChI=1S/C22H22ClFN2O3/c1-12-14(9-13-3-4-16(18(24)10-13)21(27)25-2)11-17-20(19(12)23)29-15-5-7-26(8-6-15)22(17)28/h3-4,10-11,15H,5-9H2,1-2H3,(H,25,27). The summed E-state index contributed by atoms with van der Waals surface area (Å²) < 4.78 is 20.4. The van der Waals surface area contributed by atoms with Crippen LogP contribution in [-0.4, -0.2) is 43.0 Å². The molecule has 7 heteroatoms. The van der Waals surface area contributed by atoms with Crippen molar-refractivity contribution < 1.29 is 18.7 Å². The number of hydrogen-bond donors (Lipinski definition) is 1. The highest BCUT2D eigenvalue weighted by molar-refractivity contribution is 6.33. The van der Waals surface area contributed by atoms with Crippen LogP contribution in [0.25, 0.3) is 0 Å². The predicted octanol–water partition coefficient (Wildman–Crippen LogP) is 3.73. The van der Waals surface area contributed by atoms with E-state index in [0.717, 1.165) is 24.0 Å². The largest absolute Gasteiger partial charge is 0.488 e. The molecule has 3 aliphatic heterocycles. The van der Waals surface area contributed by atoms with Crippen molar-refractivity contribution in [3.63, 3.8) is 0 Å². The number of nitrogens with one attached hydrogen (secondary N) is 1. The number of fused-ring (bicyclic) bond motifs is 2. The Hall–Kier alpha value is -2.60. The first-order chi connectivity index (χ1) is 13.9. The minimum Gasteiger partial charge on any atom is -0.488 e. The maximum atomic E-state index is 14.3. The lowest BCUT2D eigenvalue weighted by Crippen LogP contribution is -2.44. The number of amides is 2. The Morgan fingerprint density at radius 2 is 2.03 bits per heavy atom. The van der Waals surface area contributed by atoms with Crippen LogP contribution in [0.5, 0.6) is 5.75 Å². The average Bonchev–Trinajstić information content (AvgIpc) is 2.72. The molecule has 0 unspecified atom stereocenters. The lowest BCUT2D eigenvalue weighted by atomic mass is 9.94. The SMILES string of the molecule is CNC(=O)c1ccc(Cc2cc3c(c(Cl)c2C)OC2CCN(CC2)C3=O)cc1F. The Labute approximate surface area is 173 Å². The van der Waals surface area contributed by atoms with Gasteiger partial charge in [0.2, 0.25) is 0 Å². The first kappa shape index (κ1) is 19.7. The normalized spacial score (nSPS) is 16.1. The molecule has 0 spiro atoms. The van der Waals surface area contributed by atoms with E-state index in [2.05, 4.69) is 5.32 Å². The van der Waals surface area contributed by atoms with Crippen LogP contribution in [0.3, 0.4) is 0 Å². The molecule has 0 aromatic heterocycles. The number of carbonyl (C=O) groups is 2. The molecule has 2 aromatic rings. The maximum absolute atomic E-state index is 14.3. The van der Waals surface area contributed by atoms with Crippen LogP contribution in [-0.2, 0) is 6.42 Å². The summed E-state index contributed by atoms with van der Waals surface area (Å²) in [7, 11) is 1.46.